The first-order valence-electron chi connectivity index (χ1n) is 15.0. The Morgan fingerprint density at radius 2 is 0.929 bits per heavy atom. The van der Waals surface area contributed by atoms with E-state index in [0.717, 1.165) is 12.8 Å². The number of aryl methyl sites for hydroxylation is 1. The summed E-state index contributed by atoms with van der Waals surface area (Å²) in [5.41, 5.74) is 12.6. The van der Waals surface area contributed by atoms with Crippen molar-refractivity contribution in [3.8, 4) is 33.4 Å². The molecule has 0 saturated carbocycles. The van der Waals surface area contributed by atoms with Gasteiger partial charge in [-0.1, -0.05) is 133 Å². The van der Waals surface area contributed by atoms with Crippen molar-refractivity contribution in [3.63, 3.8) is 0 Å². The van der Waals surface area contributed by atoms with Crippen molar-refractivity contribution < 1.29 is 0 Å². The van der Waals surface area contributed by atoms with Gasteiger partial charge < -0.3 is 0 Å². The smallest absolute Gasteiger partial charge is 0.00108 e. The summed E-state index contributed by atoms with van der Waals surface area (Å²) >= 11 is 0. The third kappa shape index (κ3) is 2.77. The minimum absolute atomic E-state index is 1.05. The highest BCUT2D eigenvalue weighted by Crippen LogP contribution is 2.53. The fourth-order valence-corrected chi connectivity index (χ4v) is 8.32. The molecule has 0 amide bonds. The minimum atomic E-state index is 1.05. The molecule has 2 aliphatic rings. The third-order valence-electron chi connectivity index (χ3n) is 9.87. The third-order valence-corrected chi connectivity index (χ3v) is 9.87. The van der Waals surface area contributed by atoms with Crippen LogP contribution in [0.25, 0.3) is 82.0 Å². The summed E-state index contributed by atoms with van der Waals surface area (Å²) in [6.45, 7) is 0. The summed E-state index contributed by atoms with van der Waals surface area (Å²) in [7, 11) is 0. The van der Waals surface area contributed by atoms with Crippen LogP contribution in [0.15, 0.2) is 133 Å². The molecule has 0 fully saturated rings. The molecular weight excluding hydrogens is 504 g/mol. The molecule has 0 heterocycles. The average Bonchev–Trinajstić information content (AvgIpc) is 3.39. The Bertz CT molecular complexity index is 2480. The summed E-state index contributed by atoms with van der Waals surface area (Å²) in [5, 5.41) is 12.6. The first kappa shape index (κ1) is 22.5. The summed E-state index contributed by atoms with van der Waals surface area (Å²) < 4.78 is 0. The average molecular weight is 531 g/mol. The molecule has 0 aromatic heterocycles. The van der Waals surface area contributed by atoms with Crippen LogP contribution < -0.4 is 5.22 Å². The summed E-state index contributed by atoms with van der Waals surface area (Å²) in [6, 6.07) is 49.7. The maximum atomic E-state index is 2.44. The number of hydrogen-bond donors (Lipinski definition) is 0. The zero-order valence-corrected chi connectivity index (χ0v) is 23.1. The van der Waals surface area contributed by atoms with Crippen molar-refractivity contribution in [1.82, 2.24) is 0 Å². The normalized spacial score (nSPS) is 13.5. The Kier molecular flexibility index (Phi) is 4.38. The number of benzene rings is 8. The van der Waals surface area contributed by atoms with E-state index in [1.807, 2.05) is 0 Å². The van der Waals surface area contributed by atoms with E-state index < -0.39 is 0 Å². The van der Waals surface area contributed by atoms with Gasteiger partial charge >= 0.3 is 0 Å². The van der Waals surface area contributed by atoms with Crippen LogP contribution in [0.3, 0.4) is 0 Å². The highest BCUT2D eigenvalue weighted by Gasteiger charge is 2.33. The zero-order chi connectivity index (χ0) is 27.4. The van der Waals surface area contributed by atoms with Gasteiger partial charge in [-0.05, 0) is 111 Å². The first-order chi connectivity index (χ1) is 20.9. The number of rotatable bonds is 2. The molecule has 0 atom stereocenters. The Morgan fingerprint density at radius 1 is 0.357 bits per heavy atom. The van der Waals surface area contributed by atoms with Gasteiger partial charge in [-0.2, -0.15) is 0 Å². The molecule has 0 unspecified atom stereocenters. The van der Waals surface area contributed by atoms with Crippen molar-refractivity contribution in [3.05, 3.63) is 150 Å². The predicted octanol–water partition coefficient (Wildman–Crippen LogP) is 10.5. The van der Waals surface area contributed by atoms with E-state index in [9.17, 15) is 0 Å². The molecular formula is C42H26. The van der Waals surface area contributed by atoms with Gasteiger partial charge in [0.25, 0.3) is 0 Å². The fourth-order valence-electron chi connectivity index (χ4n) is 8.32. The van der Waals surface area contributed by atoms with Crippen molar-refractivity contribution in [2.45, 2.75) is 12.8 Å². The van der Waals surface area contributed by atoms with E-state index in [-0.39, 0.29) is 0 Å². The van der Waals surface area contributed by atoms with E-state index in [2.05, 4.69) is 133 Å². The van der Waals surface area contributed by atoms with E-state index in [1.165, 1.54) is 98.4 Å². The summed E-state index contributed by atoms with van der Waals surface area (Å²) in [6.07, 6.45) is 2.12. The van der Waals surface area contributed by atoms with Crippen LogP contribution in [0, 0.1) is 0 Å². The minimum Gasteiger partial charge on any atom is -0.0622 e. The van der Waals surface area contributed by atoms with Crippen LogP contribution in [0.4, 0.5) is 0 Å². The van der Waals surface area contributed by atoms with Gasteiger partial charge in [0.1, 0.15) is 0 Å². The van der Waals surface area contributed by atoms with E-state index in [0.29, 0.717) is 0 Å². The molecule has 0 heteroatoms. The molecule has 0 aliphatic heterocycles. The second-order valence-electron chi connectivity index (χ2n) is 11.9. The first-order valence-corrected chi connectivity index (χ1v) is 15.0. The molecule has 42 heavy (non-hydrogen) atoms. The molecule has 10 rings (SSSR count). The number of hydrogen-bond acceptors (Lipinski definition) is 0. The van der Waals surface area contributed by atoms with Crippen LogP contribution >= 0.6 is 0 Å². The zero-order valence-electron chi connectivity index (χ0n) is 23.1. The van der Waals surface area contributed by atoms with E-state index >= 15 is 0 Å². The van der Waals surface area contributed by atoms with Crippen molar-refractivity contribution in [2.75, 3.05) is 0 Å². The quantitative estimate of drug-likeness (QED) is 0.154. The Morgan fingerprint density at radius 3 is 1.62 bits per heavy atom. The summed E-state index contributed by atoms with van der Waals surface area (Å²) in [5.74, 6) is 0. The topological polar surface area (TPSA) is 0 Å². The maximum absolute atomic E-state index is 2.44. The van der Waals surface area contributed by atoms with Gasteiger partial charge in [0.05, 0.1) is 0 Å². The lowest BCUT2D eigenvalue weighted by molar-refractivity contribution is 1.02. The maximum Gasteiger partial charge on any atom is -0.00108 e. The van der Waals surface area contributed by atoms with Crippen molar-refractivity contribution in [2.24, 2.45) is 0 Å². The van der Waals surface area contributed by atoms with Gasteiger partial charge in [0.2, 0.25) is 0 Å². The molecule has 0 spiro atoms. The second-order valence-corrected chi connectivity index (χ2v) is 11.9. The van der Waals surface area contributed by atoms with E-state index in [1.54, 1.807) is 0 Å². The lowest BCUT2D eigenvalue weighted by Crippen LogP contribution is -2.15. The Hall–Kier alpha value is -5.20. The number of fused-ring (bicyclic) bond motifs is 6. The SMILES string of the molecule is c1ccc(-c2c3c(c(-c4ccccc4)c4ccccc24)-c2ccc4c5c(c6cccc7cccc4c76)CCC3=c25)cc1. The highest BCUT2D eigenvalue weighted by molar-refractivity contribution is 6.26. The van der Waals surface area contributed by atoms with Crippen molar-refractivity contribution >= 4 is 48.7 Å². The lowest BCUT2D eigenvalue weighted by atomic mass is 9.80. The standard InChI is InChI=1S/C42H26/c1-3-11-26(12-4-1)37-30-17-7-8-18-31(30)38(27-13-5-2-6-14-27)42-35-24-22-33-29-20-10-16-25-15-9-19-28(36(25)29)32-21-23-34(41(37)42)40(35)39(32)33/h1-21,23H,22,24H2. The van der Waals surface area contributed by atoms with Crippen molar-refractivity contribution in [1.29, 1.82) is 0 Å². The molecule has 0 bridgehead atoms. The molecule has 0 nitrogen and oxygen atoms in total. The van der Waals surface area contributed by atoms with Gasteiger partial charge in [0.15, 0.2) is 0 Å². The van der Waals surface area contributed by atoms with E-state index in [4.69, 9.17) is 0 Å². The lowest BCUT2D eigenvalue weighted by Gasteiger charge is -2.22. The van der Waals surface area contributed by atoms with Gasteiger partial charge in [-0.15, -0.1) is 0 Å². The van der Waals surface area contributed by atoms with Crippen LogP contribution in [0.5, 0.6) is 0 Å². The van der Waals surface area contributed by atoms with Crippen LogP contribution in [-0.4, -0.2) is 0 Å². The Labute approximate surface area is 244 Å². The molecule has 0 radical (unpaired) electrons. The molecule has 0 saturated heterocycles. The van der Waals surface area contributed by atoms with Gasteiger partial charge in [0, 0.05) is 0 Å². The Balaban J connectivity index is 1.47. The molecule has 2 aliphatic carbocycles. The molecule has 8 aromatic rings. The largest absolute Gasteiger partial charge is 0.0622 e. The van der Waals surface area contributed by atoms with Crippen LogP contribution in [-0.2, 0) is 6.42 Å². The highest BCUT2D eigenvalue weighted by atomic mass is 14.4. The monoisotopic (exact) mass is 530 g/mol. The second kappa shape index (κ2) is 8.18. The van der Waals surface area contributed by atoms with Gasteiger partial charge in [-0.3, -0.25) is 0 Å². The predicted molar refractivity (Wildman–Crippen MR) is 179 cm³/mol. The fraction of sp³-hybridized carbons (Fsp3) is 0.0476. The molecule has 194 valence electrons. The van der Waals surface area contributed by atoms with Crippen LogP contribution in [0.1, 0.15) is 17.5 Å². The molecule has 8 aromatic carbocycles. The van der Waals surface area contributed by atoms with Crippen LogP contribution in [0.2, 0.25) is 0 Å². The summed E-state index contributed by atoms with van der Waals surface area (Å²) in [4.78, 5) is 0. The van der Waals surface area contributed by atoms with Gasteiger partial charge in [-0.25, -0.2) is 0 Å². The molecule has 0 N–H and O–H groups in total.